The first-order valence-electron chi connectivity index (χ1n) is 8.36. The third-order valence-corrected chi connectivity index (χ3v) is 4.84. The lowest BCUT2D eigenvalue weighted by atomic mass is 9.96. The van der Waals surface area contributed by atoms with Crippen molar-refractivity contribution < 1.29 is 13.2 Å². The van der Waals surface area contributed by atoms with Crippen LogP contribution >= 0.6 is 11.6 Å². The van der Waals surface area contributed by atoms with E-state index in [1.54, 1.807) is 6.07 Å². The van der Waals surface area contributed by atoms with E-state index in [0.29, 0.717) is 5.56 Å². The van der Waals surface area contributed by atoms with Crippen molar-refractivity contribution in [2.45, 2.75) is 37.9 Å². The summed E-state index contributed by atoms with van der Waals surface area (Å²) in [7, 11) is 0. The Kier molecular flexibility index (Phi) is 7.14. The number of hydrogen-bond donors (Lipinski definition) is 1. The van der Waals surface area contributed by atoms with Crippen LogP contribution in [0.2, 0.25) is 5.02 Å². The quantitative estimate of drug-likeness (QED) is 0.540. The molecule has 1 aliphatic rings. The lowest BCUT2D eigenvalue weighted by Gasteiger charge is -2.36. The van der Waals surface area contributed by atoms with Gasteiger partial charge in [-0.1, -0.05) is 36.2 Å². The number of halogens is 4. The molecule has 2 rings (SSSR count). The van der Waals surface area contributed by atoms with Gasteiger partial charge in [0.15, 0.2) is 0 Å². The summed E-state index contributed by atoms with van der Waals surface area (Å²) < 4.78 is 39.5. The monoisotopic (exact) mass is 360 g/mol. The van der Waals surface area contributed by atoms with Gasteiger partial charge in [-0.25, -0.2) is 0 Å². The average molecular weight is 361 g/mol. The molecule has 1 heterocycles. The van der Waals surface area contributed by atoms with Crippen LogP contribution in [0.25, 0.3) is 0 Å². The smallest absolute Gasteiger partial charge is 0.314 e. The molecule has 1 N–H and O–H groups in total. The number of alkyl halides is 3. The van der Waals surface area contributed by atoms with Gasteiger partial charge in [0.2, 0.25) is 0 Å². The number of nitrogens with one attached hydrogen (secondary N) is 1. The Balaban J connectivity index is 2.26. The van der Waals surface area contributed by atoms with Crippen LogP contribution in [-0.4, -0.2) is 31.1 Å². The van der Waals surface area contributed by atoms with Gasteiger partial charge < -0.3 is 5.32 Å². The number of allylic oxidation sites excluding steroid dienone is 1. The molecule has 1 aromatic carbocycles. The molecule has 0 radical (unpaired) electrons. The molecule has 1 saturated heterocycles. The molecule has 0 spiro atoms. The lowest BCUT2D eigenvalue weighted by Crippen LogP contribution is -2.45. The van der Waals surface area contributed by atoms with E-state index in [2.05, 4.69) is 16.8 Å². The van der Waals surface area contributed by atoms with Crippen molar-refractivity contribution in [2.75, 3.05) is 26.2 Å². The van der Waals surface area contributed by atoms with Crippen LogP contribution in [-0.2, 0) is 6.18 Å². The van der Waals surface area contributed by atoms with Crippen LogP contribution in [0.5, 0.6) is 0 Å². The topological polar surface area (TPSA) is 15.3 Å². The van der Waals surface area contributed by atoms with Crippen molar-refractivity contribution >= 4 is 11.6 Å². The van der Waals surface area contributed by atoms with Crippen molar-refractivity contribution in [3.63, 3.8) is 0 Å². The fraction of sp³-hybridized carbons (Fsp3) is 0.556. The minimum Gasteiger partial charge on any atom is -0.314 e. The highest BCUT2D eigenvalue weighted by Crippen LogP contribution is 2.40. The highest BCUT2D eigenvalue weighted by Gasteiger charge is 2.35. The Hall–Kier alpha value is -1.04. The maximum atomic E-state index is 13.2. The van der Waals surface area contributed by atoms with Crippen molar-refractivity contribution in [2.24, 2.45) is 0 Å². The molecule has 1 fully saturated rings. The molecule has 6 heteroatoms. The Morgan fingerprint density at radius 3 is 2.58 bits per heavy atom. The SMILES string of the molecule is C=CCCCC[C@@H](c1cccc(C(F)(F)F)c1Cl)N1CCNCC1. The molecule has 0 unspecified atom stereocenters. The van der Waals surface area contributed by atoms with Gasteiger partial charge in [0.05, 0.1) is 10.6 Å². The Morgan fingerprint density at radius 2 is 1.96 bits per heavy atom. The van der Waals surface area contributed by atoms with E-state index >= 15 is 0 Å². The number of piperazine rings is 1. The molecule has 0 aromatic heterocycles. The van der Waals surface area contributed by atoms with Crippen LogP contribution in [0, 0.1) is 0 Å². The van der Waals surface area contributed by atoms with E-state index in [1.165, 1.54) is 6.07 Å². The van der Waals surface area contributed by atoms with Gasteiger partial charge in [-0.05, 0) is 30.9 Å². The normalized spacial score (nSPS) is 17.7. The molecular weight excluding hydrogens is 337 g/mol. The van der Waals surface area contributed by atoms with E-state index in [4.69, 9.17) is 11.6 Å². The van der Waals surface area contributed by atoms with Crippen LogP contribution in [0.15, 0.2) is 30.9 Å². The Labute approximate surface area is 146 Å². The second-order valence-electron chi connectivity index (χ2n) is 6.08. The highest BCUT2D eigenvalue weighted by molar-refractivity contribution is 6.32. The number of benzene rings is 1. The number of rotatable bonds is 7. The molecule has 0 bridgehead atoms. The van der Waals surface area contributed by atoms with E-state index in [9.17, 15) is 13.2 Å². The maximum absolute atomic E-state index is 13.2. The third kappa shape index (κ3) is 4.98. The van der Waals surface area contributed by atoms with E-state index in [0.717, 1.165) is 57.9 Å². The van der Waals surface area contributed by atoms with Crippen molar-refractivity contribution in [1.29, 1.82) is 0 Å². The van der Waals surface area contributed by atoms with Crippen LogP contribution in [0.1, 0.15) is 42.9 Å². The number of hydrogen-bond acceptors (Lipinski definition) is 2. The molecule has 1 atom stereocenters. The minimum atomic E-state index is -4.43. The van der Waals surface area contributed by atoms with Gasteiger partial charge in [0.25, 0.3) is 0 Å². The minimum absolute atomic E-state index is 0.0771. The van der Waals surface area contributed by atoms with Crippen molar-refractivity contribution in [3.8, 4) is 0 Å². The largest absolute Gasteiger partial charge is 0.417 e. The number of nitrogens with zero attached hydrogens (tertiary/aromatic N) is 1. The summed E-state index contributed by atoms with van der Waals surface area (Å²) in [6.07, 6.45) is 1.09. The Morgan fingerprint density at radius 1 is 1.25 bits per heavy atom. The summed E-state index contributed by atoms with van der Waals surface area (Å²) in [5.74, 6) is 0. The second kappa shape index (κ2) is 8.88. The molecular formula is C18H24ClF3N2. The molecule has 1 aliphatic heterocycles. The van der Waals surface area contributed by atoms with Gasteiger partial charge >= 0.3 is 6.18 Å². The van der Waals surface area contributed by atoms with Gasteiger partial charge in [0.1, 0.15) is 0 Å². The molecule has 1 aromatic rings. The molecule has 2 nitrogen and oxygen atoms in total. The van der Waals surface area contributed by atoms with E-state index in [1.807, 2.05) is 6.08 Å². The van der Waals surface area contributed by atoms with E-state index < -0.39 is 11.7 Å². The van der Waals surface area contributed by atoms with Crippen LogP contribution in [0.3, 0.4) is 0 Å². The zero-order valence-electron chi connectivity index (χ0n) is 13.7. The maximum Gasteiger partial charge on any atom is 0.417 e. The van der Waals surface area contributed by atoms with Gasteiger partial charge in [-0.3, -0.25) is 4.90 Å². The molecule has 134 valence electrons. The zero-order chi connectivity index (χ0) is 17.6. The fourth-order valence-corrected chi connectivity index (χ4v) is 3.54. The standard InChI is InChI=1S/C18H24ClF3N2/c1-2-3-4-5-9-16(24-12-10-23-11-13-24)14-7-6-8-15(17(14)19)18(20,21)22/h2,6-8,16,23H,1,3-5,9-13H2/t16-/m0/s1. The van der Waals surface area contributed by atoms with Crippen LogP contribution < -0.4 is 5.32 Å². The van der Waals surface area contributed by atoms with E-state index in [-0.39, 0.29) is 11.1 Å². The first-order valence-corrected chi connectivity index (χ1v) is 8.74. The number of unbranched alkanes of at least 4 members (excludes halogenated alkanes) is 2. The summed E-state index contributed by atoms with van der Waals surface area (Å²) in [4.78, 5) is 2.24. The summed E-state index contributed by atoms with van der Waals surface area (Å²) in [6.45, 7) is 7.04. The van der Waals surface area contributed by atoms with Crippen molar-refractivity contribution in [1.82, 2.24) is 10.2 Å². The Bertz CT molecular complexity index is 540. The van der Waals surface area contributed by atoms with Gasteiger partial charge in [-0.15, -0.1) is 6.58 Å². The molecule has 24 heavy (non-hydrogen) atoms. The first-order chi connectivity index (χ1) is 11.4. The van der Waals surface area contributed by atoms with Gasteiger partial charge in [-0.2, -0.15) is 13.2 Å². The lowest BCUT2D eigenvalue weighted by molar-refractivity contribution is -0.137. The van der Waals surface area contributed by atoms with Crippen molar-refractivity contribution in [3.05, 3.63) is 47.0 Å². The summed E-state index contributed by atoms with van der Waals surface area (Å²) in [5, 5.41) is 3.12. The van der Waals surface area contributed by atoms with Crippen LogP contribution in [0.4, 0.5) is 13.2 Å². The highest BCUT2D eigenvalue weighted by atomic mass is 35.5. The third-order valence-electron chi connectivity index (χ3n) is 4.42. The first kappa shape index (κ1) is 19.3. The zero-order valence-corrected chi connectivity index (χ0v) is 14.5. The van der Waals surface area contributed by atoms with Gasteiger partial charge in [0, 0.05) is 32.2 Å². The summed E-state index contributed by atoms with van der Waals surface area (Å²) in [6, 6.07) is 4.17. The predicted molar refractivity (Wildman–Crippen MR) is 92.3 cm³/mol. The summed E-state index contributed by atoms with van der Waals surface area (Å²) in [5.41, 5.74) is -0.153. The fourth-order valence-electron chi connectivity index (χ4n) is 3.18. The molecule has 0 saturated carbocycles. The second-order valence-corrected chi connectivity index (χ2v) is 6.46. The summed E-state index contributed by atoms with van der Waals surface area (Å²) >= 11 is 6.17. The molecule has 0 aliphatic carbocycles. The molecule has 0 amide bonds. The predicted octanol–water partition coefficient (Wildman–Crippen LogP) is 5.05. The average Bonchev–Trinajstić information content (AvgIpc) is 2.55.